The Kier molecular flexibility index (Phi) is 7.97. The van der Waals surface area contributed by atoms with Crippen molar-refractivity contribution in [3.05, 3.63) is 45.8 Å². The summed E-state index contributed by atoms with van der Waals surface area (Å²) in [7, 11) is 0. The fourth-order valence-corrected chi connectivity index (χ4v) is 5.23. The van der Waals surface area contributed by atoms with Gasteiger partial charge in [0.2, 0.25) is 0 Å². The Morgan fingerprint density at radius 3 is 2.45 bits per heavy atom. The average Bonchev–Trinajstić information content (AvgIpc) is 3.11. The van der Waals surface area contributed by atoms with E-state index in [1.807, 2.05) is 12.1 Å². The number of anilines is 1. The Morgan fingerprint density at radius 1 is 1.10 bits per heavy atom. The maximum Gasteiger partial charge on any atom is 0.410 e. The van der Waals surface area contributed by atoms with Gasteiger partial charge in [0.1, 0.15) is 5.00 Å². The van der Waals surface area contributed by atoms with E-state index in [0.717, 1.165) is 21.1 Å². The molecule has 0 atom stereocenters. The summed E-state index contributed by atoms with van der Waals surface area (Å²) in [5.41, 5.74) is 1.72. The van der Waals surface area contributed by atoms with Gasteiger partial charge in [0.25, 0.3) is 5.91 Å². The van der Waals surface area contributed by atoms with E-state index in [0.29, 0.717) is 42.2 Å². The molecular weight excluding hydrogens is 436 g/mol. The third-order valence-electron chi connectivity index (χ3n) is 4.72. The highest BCUT2D eigenvalue weighted by Gasteiger charge is 2.31. The van der Waals surface area contributed by atoms with Crippen molar-refractivity contribution in [1.82, 2.24) is 4.90 Å². The number of rotatable bonds is 7. The number of thiophene rings is 1. The molecule has 166 valence electrons. The van der Waals surface area contributed by atoms with Gasteiger partial charge in [0.15, 0.2) is 0 Å². The molecule has 2 aromatic rings. The average molecular weight is 463 g/mol. The van der Waals surface area contributed by atoms with Crippen LogP contribution in [0, 0.1) is 0 Å². The van der Waals surface area contributed by atoms with E-state index in [1.54, 1.807) is 42.6 Å². The minimum absolute atomic E-state index is 0.238. The van der Waals surface area contributed by atoms with E-state index >= 15 is 0 Å². The standard InChI is InChI=1S/C22H26N2O5S2/c1-4-28-21(26)18-16-11-12-24(22(27)29-5-2)13-17(16)31-20(18)23-19(25)14-7-9-15(10-8-14)30-6-3/h7-10H,4-6,11-13H2,1-3H3,(H,23,25). The first-order valence-electron chi connectivity index (χ1n) is 10.3. The number of nitrogens with zero attached hydrogens (tertiary/aromatic N) is 1. The lowest BCUT2D eigenvalue weighted by Crippen LogP contribution is -2.36. The van der Waals surface area contributed by atoms with Gasteiger partial charge in [-0.05, 0) is 55.9 Å². The van der Waals surface area contributed by atoms with Gasteiger partial charge in [-0.15, -0.1) is 23.1 Å². The van der Waals surface area contributed by atoms with Gasteiger partial charge < -0.3 is 19.7 Å². The lowest BCUT2D eigenvalue weighted by atomic mass is 10.0. The van der Waals surface area contributed by atoms with Crippen molar-refractivity contribution in [2.45, 2.75) is 38.6 Å². The molecule has 0 fully saturated rings. The Morgan fingerprint density at radius 2 is 1.81 bits per heavy atom. The second-order valence-corrected chi connectivity index (χ2v) is 9.15. The molecule has 3 rings (SSSR count). The Labute approximate surface area is 190 Å². The number of fused-ring (bicyclic) bond motifs is 1. The summed E-state index contributed by atoms with van der Waals surface area (Å²) in [6.07, 6.45) is 0.118. The zero-order valence-electron chi connectivity index (χ0n) is 17.9. The number of carbonyl (C=O) groups is 3. The molecule has 1 aromatic heterocycles. The molecule has 2 amide bonds. The van der Waals surface area contributed by atoms with Crippen molar-refractivity contribution in [2.24, 2.45) is 0 Å². The van der Waals surface area contributed by atoms with Crippen LogP contribution in [0.1, 0.15) is 51.9 Å². The number of nitrogens with one attached hydrogen (secondary N) is 1. The molecule has 1 N–H and O–H groups in total. The summed E-state index contributed by atoms with van der Waals surface area (Å²) in [5.74, 6) is 0.201. The summed E-state index contributed by atoms with van der Waals surface area (Å²) in [5, 5.41) is 3.33. The molecule has 0 saturated carbocycles. The smallest absolute Gasteiger partial charge is 0.410 e. The largest absolute Gasteiger partial charge is 0.462 e. The molecule has 0 aliphatic carbocycles. The van der Waals surface area contributed by atoms with Crippen LogP contribution in [0.5, 0.6) is 0 Å². The van der Waals surface area contributed by atoms with Gasteiger partial charge in [0.05, 0.1) is 25.3 Å². The molecule has 9 heteroatoms. The minimum Gasteiger partial charge on any atom is -0.462 e. The van der Waals surface area contributed by atoms with Gasteiger partial charge in [-0.2, -0.15) is 0 Å². The van der Waals surface area contributed by atoms with Crippen LogP contribution in [0.25, 0.3) is 0 Å². The highest BCUT2D eigenvalue weighted by Crippen LogP contribution is 2.38. The van der Waals surface area contributed by atoms with Crippen LogP contribution in [0.3, 0.4) is 0 Å². The van der Waals surface area contributed by atoms with Crippen LogP contribution >= 0.6 is 23.1 Å². The van der Waals surface area contributed by atoms with Gasteiger partial charge >= 0.3 is 12.1 Å². The number of esters is 1. The van der Waals surface area contributed by atoms with Crippen LogP contribution in [0.15, 0.2) is 29.2 Å². The molecule has 0 saturated heterocycles. The number of thioether (sulfide) groups is 1. The number of hydrogen-bond donors (Lipinski definition) is 1. The molecule has 0 radical (unpaired) electrons. The number of carbonyl (C=O) groups excluding carboxylic acids is 3. The van der Waals surface area contributed by atoms with Crippen LogP contribution in [-0.2, 0) is 22.4 Å². The zero-order chi connectivity index (χ0) is 22.4. The Hall–Kier alpha value is -2.52. The minimum atomic E-state index is -0.463. The van der Waals surface area contributed by atoms with E-state index in [2.05, 4.69) is 12.2 Å². The molecule has 0 unspecified atom stereocenters. The molecule has 0 spiro atoms. The number of ether oxygens (including phenoxy) is 2. The molecular formula is C22H26N2O5S2. The normalized spacial score (nSPS) is 12.8. The van der Waals surface area contributed by atoms with Crippen LogP contribution < -0.4 is 5.32 Å². The van der Waals surface area contributed by atoms with Crippen molar-refractivity contribution in [2.75, 3.05) is 30.8 Å². The molecule has 2 heterocycles. The van der Waals surface area contributed by atoms with Crippen molar-refractivity contribution in [3.63, 3.8) is 0 Å². The van der Waals surface area contributed by atoms with E-state index < -0.39 is 5.97 Å². The molecule has 1 aliphatic rings. The summed E-state index contributed by atoms with van der Waals surface area (Å²) in [6.45, 7) is 6.90. The summed E-state index contributed by atoms with van der Waals surface area (Å²) in [6, 6.07) is 7.36. The molecule has 31 heavy (non-hydrogen) atoms. The molecule has 1 aromatic carbocycles. The van der Waals surface area contributed by atoms with Crippen molar-refractivity contribution in [3.8, 4) is 0 Å². The highest BCUT2D eigenvalue weighted by atomic mass is 32.2. The molecule has 1 aliphatic heterocycles. The van der Waals surface area contributed by atoms with Crippen molar-refractivity contribution >= 4 is 46.1 Å². The van der Waals surface area contributed by atoms with E-state index in [1.165, 1.54) is 11.3 Å². The SMILES string of the molecule is CCOC(=O)c1c(NC(=O)c2ccc(SCC)cc2)sc2c1CCN(C(=O)OCC)C2. The fourth-order valence-electron chi connectivity index (χ4n) is 3.33. The lowest BCUT2D eigenvalue weighted by molar-refractivity contribution is 0.0526. The number of benzene rings is 1. The van der Waals surface area contributed by atoms with Gasteiger partial charge in [-0.1, -0.05) is 6.92 Å². The van der Waals surface area contributed by atoms with Crippen LogP contribution in [0.4, 0.5) is 9.80 Å². The first-order valence-corrected chi connectivity index (χ1v) is 12.1. The Bertz CT molecular complexity index is 956. The van der Waals surface area contributed by atoms with Crippen LogP contribution in [-0.4, -0.2) is 48.4 Å². The van der Waals surface area contributed by atoms with Gasteiger partial charge in [-0.25, -0.2) is 9.59 Å². The second-order valence-electron chi connectivity index (χ2n) is 6.71. The highest BCUT2D eigenvalue weighted by molar-refractivity contribution is 7.99. The summed E-state index contributed by atoms with van der Waals surface area (Å²) < 4.78 is 10.3. The van der Waals surface area contributed by atoms with Gasteiger partial charge in [-0.3, -0.25) is 4.79 Å². The summed E-state index contributed by atoms with van der Waals surface area (Å²) >= 11 is 3.01. The molecule has 7 nitrogen and oxygen atoms in total. The van der Waals surface area contributed by atoms with Crippen molar-refractivity contribution in [1.29, 1.82) is 0 Å². The predicted molar refractivity (Wildman–Crippen MR) is 122 cm³/mol. The van der Waals surface area contributed by atoms with Gasteiger partial charge in [0, 0.05) is 21.9 Å². The third-order valence-corrected chi connectivity index (χ3v) is 6.74. The third kappa shape index (κ3) is 5.40. The molecule has 0 bridgehead atoms. The number of amides is 2. The maximum atomic E-state index is 12.8. The number of hydrogen-bond acceptors (Lipinski definition) is 7. The topological polar surface area (TPSA) is 84.9 Å². The second kappa shape index (κ2) is 10.7. The predicted octanol–water partition coefficient (Wildman–Crippen LogP) is 4.80. The van der Waals surface area contributed by atoms with E-state index in [-0.39, 0.29) is 18.6 Å². The van der Waals surface area contributed by atoms with Crippen LogP contribution in [0.2, 0.25) is 0 Å². The maximum absolute atomic E-state index is 12.8. The lowest BCUT2D eigenvalue weighted by Gasteiger charge is -2.26. The van der Waals surface area contributed by atoms with E-state index in [4.69, 9.17) is 9.47 Å². The Balaban J connectivity index is 1.86. The zero-order valence-corrected chi connectivity index (χ0v) is 19.5. The first-order chi connectivity index (χ1) is 15.0. The van der Waals surface area contributed by atoms with Crippen molar-refractivity contribution < 1.29 is 23.9 Å². The van der Waals surface area contributed by atoms with E-state index in [9.17, 15) is 14.4 Å². The fraction of sp³-hybridized carbons (Fsp3) is 0.409. The summed E-state index contributed by atoms with van der Waals surface area (Å²) in [4.78, 5) is 41.2. The monoisotopic (exact) mass is 462 g/mol. The quantitative estimate of drug-likeness (QED) is 0.470. The first kappa shape index (κ1) is 23.1.